The lowest BCUT2D eigenvalue weighted by molar-refractivity contribution is -0.143. The zero-order valence-corrected chi connectivity index (χ0v) is 45.5. The van der Waals surface area contributed by atoms with Gasteiger partial charge in [0.2, 0.25) is 47.3 Å². The molecule has 0 saturated carbocycles. The molecule has 3 aromatic rings. The van der Waals surface area contributed by atoms with Crippen LogP contribution in [0.3, 0.4) is 0 Å². The van der Waals surface area contributed by atoms with E-state index in [1.165, 1.54) is 6.92 Å². The van der Waals surface area contributed by atoms with Gasteiger partial charge in [0.25, 0.3) is 0 Å². The van der Waals surface area contributed by atoms with Crippen LogP contribution in [0.25, 0.3) is 0 Å². The Morgan fingerprint density at radius 3 is 1.14 bits per heavy atom. The number of rotatable bonds is 33. The van der Waals surface area contributed by atoms with Gasteiger partial charge in [-0.1, -0.05) is 133 Å². The number of nitrogens with two attached hydrogens (primary N) is 1. The average Bonchev–Trinajstić information content (AvgIpc) is 3.38. The third kappa shape index (κ3) is 23.3. The fourth-order valence-electron chi connectivity index (χ4n) is 8.22. The van der Waals surface area contributed by atoms with Crippen LogP contribution in [0.2, 0.25) is 0 Å². The predicted molar refractivity (Wildman–Crippen MR) is 289 cm³/mol. The Kier molecular flexibility index (Phi) is 27.1. The van der Waals surface area contributed by atoms with Crippen molar-refractivity contribution in [1.82, 2.24) is 42.5 Å². The molecule has 78 heavy (non-hydrogen) atoms. The molecule has 22 heteroatoms. The summed E-state index contributed by atoms with van der Waals surface area (Å²) in [6.07, 6.45) is -0.818. The van der Waals surface area contributed by atoms with Crippen molar-refractivity contribution in [2.24, 2.45) is 23.5 Å². The van der Waals surface area contributed by atoms with Crippen molar-refractivity contribution in [2.45, 2.75) is 154 Å². The summed E-state index contributed by atoms with van der Waals surface area (Å²) in [5.74, 6) is -9.86. The Hall–Kier alpha value is -7.72. The second-order valence-corrected chi connectivity index (χ2v) is 20.7. The summed E-state index contributed by atoms with van der Waals surface area (Å²) < 4.78 is 0. The van der Waals surface area contributed by atoms with E-state index >= 15 is 0 Å². The number of aliphatic hydroxyl groups excluding tert-OH is 1. The topological polar surface area (TPSA) is 354 Å². The van der Waals surface area contributed by atoms with E-state index in [2.05, 4.69) is 42.5 Å². The maximum absolute atomic E-state index is 14.2. The Bertz CT molecular complexity index is 2460. The van der Waals surface area contributed by atoms with E-state index in [0.29, 0.717) is 11.1 Å². The first-order valence-electron chi connectivity index (χ1n) is 26.2. The molecule has 0 aliphatic rings. The zero-order chi connectivity index (χ0) is 58.1. The van der Waals surface area contributed by atoms with E-state index < -0.39 is 133 Å². The Morgan fingerprint density at radius 2 is 0.718 bits per heavy atom. The van der Waals surface area contributed by atoms with Gasteiger partial charge < -0.3 is 63.6 Å². The molecule has 22 nitrogen and oxygen atoms in total. The first kappa shape index (κ1) is 64.6. The van der Waals surface area contributed by atoms with E-state index in [9.17, 15) is 63.3 Å². The zero-order valence-electron chi connectivity index (χ0n) is 45.5. The molecule has 0 heterocycles. The number of hydrogen-bond acceptors (Lipinski definition) is 12. The fourth-order valence-corrected chi connectivity index (χ4v) is 8.22. The Labute approximate surface area is 455 Å². The van der Waals surface area contributed by atoms with Gasteiger partial charge in [-0.2, -0.15) is 0 Å². The second kappa shape index (κ2) is 32.8. The molecule has 0 aromatic heterocycles. The third-order valence-electron chi connectivity index (χ3n) is 12.3. The van der Waals surface area contributed by atoms with Crippen LogP contribution in [0.1, 0.15) is 97.3 Å². The van der Waals surface area contributed by atoms with Crippen LogP contribution in [0.15, 0.2) is 91.0 Å². The Morgan fingerprint density at radius 1 is 0.397 bits per heavy atom. The highest BCUT2D eigenvalue weighted by molar-refractivity contribution is 5.98. The summed E-state index contributed by atoms with van der Waals surface area (Å²) in [6.45, 7) is 11.1. The number of aliphatic hydroxyl groups is 1. The number of amides is 8. The highest BCUT2D eigenvalue weighted by atomic mass is 16.4. The lowest BCUT2D eigenvalue weighted by Crippen LogP contribution is -2.61. The average molecular weight is 1090 g/mol. The first-order chi connectivity index (χ1) is 36.9. The van der Waals surface area contributed by atoms with Crippen LogP contribution in [-0.2, 0) is 67.2 Å². The van der Waals surface area contributed by atoms with Crippen molar-refractivity contribution in [1.29, 1.82) is 0 Å². The number of benzene rings is 3. The number of hydrogen-bond donors (Lipinski definition) is 12. The molecule has 9 atom stereocenters. The molecular formula is C56H79N9O13. The molecule has 0 unspecified atom stereocenters. The van der Waals surface area contributed by atoms with Gasteiger partial charge >= 0.3 is 11.9 Å². The highest BCUT2D eigenvalue weighted by Gasteiger charge is 2.35. The van der Waals surface area contributed by atoms with Crippen LogP contribution in [-0.4, -0.2) is 135 Å². The van der Waals surface area contributed by atoms with E-state index in [-0.39, 0.29) is 56.3 Å². The number of carbonyl (C=O) groups is 10. The Balaban J connectivity index is 1.80. The summed E-state index contributed by atoms with van der Waals surface area (Å²) in [4.78, 5) is 134. The molecule has 0 aliphatic carbocycles. The summed E-state index contributed by atoms with van der Waals surface area (Å²) >= 11 is 0. The molecule has 0 spiro atoms. The molecule has 426 valence electrons. The standard InChI is InChI=1S/C56H79N9O13/c1-32(2)25-41(51(72)58-35(7)48(69)60-43(29-37-19-13-9-14-20-37)54(75)64-45(56(77)78)27-34(5)6)62-55(76)46(31-66)65-50(71)40(23-24-47(67)68)59-53(74)44(30-38-21-15-10-16-22-38)63-52(73)42(26-33(3)4)61-49(70)39(57)28-36-17-11-8-12-18-36/h8-22,32-35,39-46,66H,23-31,57H2,1-7H3,(H,58,72)(H,59,74)(H,60,69)(H,61,70)(H,62,76)(H,63,73)(H,64,75)(H,65,71)(H,67,68)(H,77,78)/t35-,39-,40-,41-,42-,43-,44-,45-,46-/m0/s1. The van der Waals surface area contributed by atoms with Gasteiger partial charge in [-0.25, -0.2) is 4.79 Å². The SMILES string of the molecule is CC(C)C[C@H](NC(=O)[C@H](Cc1ccccc1)NC(=O)[C@H](C)NC(=O)[C@H](CC(C)C)NC(=O)[C@H](CO)NC(=O)[C@H](CCC(=O)O)NC(=O)[C@H](Cc1ccccc1)NC(=O)[C@H](CC(C)C)NC(=O)[C@@H](N)Cc1ccccc1)C(=O)O. The molecule has 0 saturated heterocycles. The van der Waals surface area contributed by atoms with Crippen LogP contribution in [0, 0.1) is 17.8 Å². The van der Waals surface area contributed by atoms with Crippen LogP contribution in [0.5, 0.6) is 0 Å². The van der Waals surface area contributed by atoms with E-state index in [1.807, 2.05) is 32.0 Å². The molecule has 0 radical (unpaired) electrons. The predicted octanol–water partition coefficient (Wildman–Crippen LogP) is 1.02. The minimum Gasteiger partial charge on any atom is -0.481 e. The largest absolute Gasteiger partial charge is 0.481 e. The van der Waals surface area contributed by atoms with Gasteiger partial charge in [0.15, 0.2) is 0 Å². The lowest BCUT2D eigenvalue weighted by Gasteiger charge is -2.28. The third-order valence-corrected chi connectivity index (χ3v) is 12.3. The van der Waals surface area contributed by atoms with Crippen molar-refractivity contribution in [3.63, 3.8) is 0 Å². The number of nitrogens with one attached hydrogen (secondary N) is 8. The van der Waals surface area contributed by atoms with Gasteiger partial charge in [-0.15, -0.1) is 0 Å². The molecule has 8 amide bonds. The summed E-state index contributed by atoms with van der Waals surface area (Å²) in [6, 6.07) is 14.1. The van der Waals surface area contributed by atoms with Gasteiger partial charge in [0.05, 0.1) is 12.6 Å². The fraction of sp³-hybridized carbons (Fsp3) is 0.500. The summed E-state index contributed by atoms with van der Waals surface area (Å²) in [5.41, 5.74) is 8.29. The summed E-state index contributed by atoms with van der Waals surface area (Å²) in [7, 11) is 0. The monoisotopic (exact) mass is 1090 g/mol. The minimum absolute atomic E-state index is 0.00249. The van der Waals surface area contributed by atoms with Gasteiger partial charge in [-0.05, 0) is 73.5 Å². The van der Waals surface area contributed by atoms with Crippen molar-refractivity contribution < 1.29 is 63.3 Å². The summed E-state index contributed by atoms with van der Waals surface area (Å²) in [5, 5.41) is 50.2. The molecule has 13 N–H and O–H groups in total. The van der Waals surface area contributed by atoms with Gasteiger partial charge in [0.1, 0.15) is 48.3 Å². The van der Waals surface area contributed by atoms with Crippen LogP contribution in [0.4, 0.5) is 0 Å². The van der Waals surface area contributed by atoms with E-state index in [1.54, 1.807) is 100 Å². The first-order valence-corrected chi connectivity index (χ1v) is 26.2. The number of carboxylic acid groups (broad SMARTS) is 2. The molecule has 0 bridgehead atoms. The van der Waals surface area contributed by atoms with Gasteiger partial charge in [0, 0.05) is 19.3 Å². The number of aliphatic carboxylic acids is 2. The quantitative estimate of drug-likeness (QED) is 0.0406. The molecule has 3 aromatic carbocycles. The van der Waals surface area contributed by atoms with Crippen molar-refractivity contribution >= 4 is 59.2 Å². The normalized spacial score (nSPS) is 14.7. The number of carbonyl (C=O) groups excluding carboxylic acids is 8. The minimum atomic E-state index is -1.76. The molecule has 0 fully saturated rings. The molecular weight excluding hydrogens is 1010 g/mol. The highest BCUT2D eigenvalue weighted by Crippen LogP contribution is 2.13. The van der Waals surface area contributed by atoms with E-state index in [0.717, 1.165) is 5.56 Å². The van der Waals surface area contributed by atoms with Crippen LogP contribution < -0.4 is 48.3 Å². The van der Waals surface area contributed by atoms with Crippen molar-refractivity contribution in [3.8, 4) is 0 Å². The van der Waals surface area contributed by atoms with Crippen molar-refractivity contribution in [3.05, 3.63) is 108 Å². The number of carboxylic acids is 2. The second-order valence-electron chi connectivity index (χ2n) is 20.7. The van der Waals surface area contributed by atoms with Gasteiger partial charge in [-0.3, -0.25) is 43.2 Å². The van der Waals surface area contributed by atoms with Crippen LogP contribution >= 0.6 is 0 Å². The lowest BCUT2D eigenvalue weighted by atomic mass is 9.99. The van der Waals surface area contributed by atoms with Crippen molar-refractivity contribution in [2.75, 3.05) is 6.61 Å². The molecule has 0 aliphatic heterocycles. The maximum Gasteiger partial charge on any atom is 0.326 e. The maximum atomic E-state index is 14.2. The van der Waals surface area contributed by atoms with E-state index in [4.69, 9.17) is 5.73 Å². The molecule has 3 rings (SSSR count). The smallest absolute Gasteiger partial charge is 0.326 e.